The zero-order valence-electron chi connectivity index (χ0n) is 14.2. The van der Waals surface area contributed by atoms with E-state index in [9.17, 15) is 8.42 Å². The smallest absolute Gasteiger partial charge is 0.243 e. The molecule has 6 nitrogen and oxygen atoms in total. The van der Waals surface area contributed by atoms with Crippen LogP contribution in [0.2, 0.25) is 0 Å². The van der Waals surface area contributed by atoms with Gasteiger partial charge in [-0.05, 0) is 48.9 Å². The second kappa shape index (κ2) is 7.03. The summed E-state index contributed by atoms with van der Waals surface area (Å²) in [7, 11) is -3.55. The van der Waals surface area contributed by atoms with Gasteiger partial charge in [-0.3, -0.25) is 5.10 Å². The molecule has 7 heteroatoms. The van der Waals surface area contributed by atoms with Crippen LogP contribution in [0.5, 0.6) is 0 Å². The van der Waals surface area contributed by atoms with Gasteiger partial charge < -0.3 is 0 Å². The van der Waals surface area contributed by atoms with Gasteiger partial charge in [-0.15, -0.1) is 0 Å². The van der Waals surface area contributed by atoms with Crippen LogP contribution < -0.4 is 0 Å². The van der Waals surface area contributed by atoms with E-state index in [1.54, 1.807) is 10.4 Å². The van der Waals surface area contributed by atoms with Gasteiger partial charge in [-0.2, -0.15) is 9.40 Å². The molecule has 1 N–H and O–H groups in total. The molecule has 0 spiro atoms. The van der Waals surface area contributed by atoms with Crippen LogP contribution in [0.1, 0.15) is 56.1 Å². The van der Waals surface area contributed by atoms with Crippen LogP contribution >= 0.6 is 0 Å². The van der Waals surface area contributed by atoms with Gasteiger partial charge in [0.2, 0.25) is 10.0 Å². The average Bonchev–Trinajstić information content (AvgIpc) is 3.15. The highest BCUT2D eigenvalue weighted by Gasteiger charge is 2.36. The highest BCUT2D eigenvalue weighted by molar-refractivity contribution is 7.89. The maximum Gasteiger partial charge on any atom is 0.243 e. The van der Waals surface area contributed by atoms with Gasteiger partial charge in [0.05, 0.1) is 10.9 Å². The Labute approximate surface area is 143 Å². The second-order valence-electron chi connectivity index (χ2n) is 6.14. The fourth-order valence-electron chi connectivity index (χ4n) is 3.41. The molecular formula is C17H24N4O2S. The topological polar surface area (TPSA) is 79.0 Å². The Morgan fingerprint density at radius 3 is 2.67 bits per heavy atom. The molecule has 1 atom stereocenters. The quantitative estimate of drug-likeness (QED) is 0.901. The van der Waals surface area contributed by atoms with Crippen molar-refractivity contribution in [3.8, 4) is 0 Å². The molecule has 1 aromatic carbocycles. The van der Waals surface area contributed by atoms with Crippen molar-refractivity contribution in [2.24, 2.45) is 0 Å². The number of piperidine rings is 1. The molecule has 130 valence electrons. The first-order valence-electron chi connectivity index (χ1n) is 8.56. The number of aromatic amines is 1. The summed E-state index contributed by atoms with van der Waals surface area (Å²) in [6.45, 7) is 4.67. The van der Waals surface area contributed by atoms with Gasteiger partial charge in [-0.25, -0.2) is 13.4 Å². The summed E-state index contributed by atoms with van der Waals surface area (Å²) in [6.07, 6.45) is 5.80. The average molecular weight is 348 g/mol. The van der Waals surface area contributed by atoms with Crippen LogP contribution in [-0.2, 0) is 22.9 Å². The third-order valence-corrected chi connectivity index (χ3v) is 6.65. The van der Waals surface area contributed by atoms with Crippen molar-refractivity contribution < 1.29 is 8.42 Å². The van der Waals surface area contributed by atoms with Gasteiger partial charge in [0.25, 0.3) is 0 Å². The van der Waals surface area contributed by atoms with E-state index in [4.69, 9.17) is 0 Å². The fourth-order valence-corrected chi connectivity index (χ4v) is 5.13. The molecule has 0 aliphatic carbocycles. The molecular weight excluding hydrogens is 324 g/mol. The molecule has 3 rings (SSSR count). The van der Waals surface area contributed by atoms with E-state index in [2.05, 4.69) is 29.0 Å². The minimum absolute atomic E-state index is 0.262. The van der Waals surface area contributed by atoms with Crippen molar-refractivity contribution in [2.45, 2.75) is 56.9 Å². The predicted molar refractivity (Wildman–Crippen MR) is 92.1 cm³/mol. The fraction of sp³-hybridized carbons (Fsp3) is 0.529. The van der Waals surface area contributed by atoms with Crippen molar-refractivity contribution in [1.29, 1.82) is 0 Å². The normalized spacial score (nSPS) is 19.5. The molecule has 2 aromatic rings. The number of rotatable bonds is 5. The van der Waals surface area contributed by atoms with Crippen LogP contribution in [0.4, 0.5) is 0 Å². The Bertz CT molecular complexity index is 787. The third-order valence-electron chi connectivity index (χ3n) is 4.75. The number of nitrogens with zero attached hydrogens (tertiary/aromatic N) is 3. The lowest BCUT2D eigenvalue weighted by Gasteiger charge is -2.33. The lowest BCUT2D eigenvalue weighted by molar-refractivity contribution is 0.247. The summed E-state index contributed by atoms with van der Waals surface area (Å²) < 4.78 is 28.0. The summed E-state index contributed by atoms with van der Waals surface area (Å²) in [6, 6.07) is 5.25. The van der Waals surface area contributed by atoms with Crippen LogP contribution in [0.25, 0.3) is 0 Å². The van der Waals surface area contributed by atoms with E-state index in [0.29, 0.717) is 17.3 Å². The van der Waals surface area contributed by atoms with Gasteiger partial charge >= 0.3 is 0 Å². The predicted octanol–water partition coefficient (Wildman–Crippen LogP) is 2.85. The summed E-state index contributed by atoms with van der Waals surface area (Å²) in [5.74, 6) is 0.624. The van der Waals surface area contributed by atoms with Crippen molar-refractivity contribution >= 4 is 10.0 Å². The molecule has 1 saturated heterocycles. The molecule has 1 aliphatic heterocycles. The first kappa shape index (κ1) is 17.1. The van der Waals surface area contributed by atoms with Crippen LogP contribution in [0, 0.1) is 0 Å². The lowest BCUT2D eigenvalue weighted by Crippen LogP contribution is -2.39. The van der Waals surface area contributed by atoms with E-state index < -0.39 is 10.0 Å². The second-order valence-corrected chi connectivity index (χ2v) is 8.03. The van der Waals surface area contributed by atoms with Crippen molar-refractivity contribution in [2.75, 3.05) is 6.54 Å². The summed E-state index contributed by atoms with van der Waals surface area (Å²) in [4.78, 5) is 4.56. The van der Waals surface area contributed by atoms with E-state index in [1.807, 2.05) is 12.1 Å². The Kier molecular flexibility index (Phi) is 5.01. The minimum atomic E-state index is -3.55. The van der Waals surface area contributed by atoms with Crippen molar-refractivity contribution in [3.63, 3.8) is 0 Å². The monoisotopic (exact) mass is 348 g/mol. The van der Waals surface area contributed by atoms with Gasteiger partial charge in [0, 0.05) is 6.54 Å². The van der Waals surface area contributed by atoms with Gasteiger partial charge in [0.1, 0.15) is 12.2 Å². The number of sulfonamides is 1. The number of hydrogen-bond donors (Lipinski definition) is 1. The maximum absolute atomic E-state index is 13.2. The molecule has 0 saturated carbocycles. The molecule has 24 heavy (non-hydrogen) atoms. The number of benzene rings is 1. The molecule has 0 radical (unpaired) electrons. The number of aryl methyl sites for hydroxylation is 2. The molecule has 0 amide bonds. The molecule has 1 aliphatic rings. The van der Waals surface area contributed by atoms with Gasteiger partial charge in [0.15, 0.2) is 0 Å². The molecule has 0 bridgehead atoms. The van der Waals surface area contributed by atoms with Gasteiger partial charge in [-0.1, -0.05) is 26.3 Å². The minimum Gasteiger partial charge on any atom is -0.262 e. The highest BCUT2D eigenvalue weighted by atomic mass is 32.2. The van der Waals surface area contributed by atoms with Crippen molar-refractivity contribution in [1.82, 2.24) is 19.5 Å². The zero-order chi connectivity index (χ0) is 17.2. The summed E-state index contributed by atoms with van der Waals surface area (Å²) >= 11 is 0. The highest BCUT2D eigenvalue weighted by Crippen LogP contribution is 2.34. The Morgan fingerprint density at radius 2 is 2.00 bits per heavy atom. The number of nitrogens with one attached hydrogen (secondary N) is 1. The zero-order valence-corrected chi connectivity index (χ0v) is 15.0. The molecule has 2 heterocycles. The maximum atomic E-state index is 13.2. The summed E-state index contributed by atoms with van der Waals surface area (Å²) in [5, 5.41) is 6.71. The van der Waals surface area contributed by atoms with Crippen LogP contribution in [-0.4, -0.2) is 34.4 Å². The first-order valence-corrected chi connectivity index (χ1v) is 10.0. The van der Waals surface area contributed by atoms with E-state index in [1.165, 1.54) is 11.9 Å². The van der Waals surface area contributed by atoms with E-state index in [0.717, 1.165) is 37.7 Å². The number of hydrogen-bond acceptors (Lipinski definition) is 4. The van der Waals surface area contributed by atoms with Crippen LogP contribution in [0.15, 0.2) is 29.4 Å². The molecule has 1 aromatic heterocycles. The Morgan fingerprint density at radius 1 is 1.21 bits per heavy atom. The Balaban J connectivity index is 1.99. The number of H-pyrrole nitrogens is 1. The third kappa shape index (κ3) is 3.10. The molecule has 1 fully saturated rings. The standard InChI is InChI=1S/C17H24N4O2S/c1-3-13-8-9-15(11-14(13)4-2)24(22,23)21-10-6-5-7-16(21)17-18-12-19-20-17/h8-9,11-12,16H,3-7,10H2,1-2H3,(H,18,19,20). The lowest BCUT2D eigenvalue weighted by atomic mass is 10.0. The van der Waals surface area contributed by atoms with E-state index >= 15 is 0 Å². The van der Waals surface area contributed by atoms with Crippen LogP contribution in [0.3, 0.4) is 0 Å². The SMILES string of the molecule is CCc1ccc(S(=O)(=O)N2CCCCC2c2ncn[nH]2)cc1CC. The summed E-state index contributed by atoms with van der Waals surface area (Å²) in [5.41, 5.74) is 2.31. The number of aromatic nitrogens is 3. The first-order chi connectivity index (χ1) is 11.6. The van der Waals surface area contributed by atoms with E-state index in [-0.39, 0.29) is 6.04 Å². The van der Waals surface area contributed by atoms with Crippen molar-refractivity contribution in [3.05, 3.63) is 41.5 Å². The Hall–Kier alpha value is -1.73. The molecule has 1 unspecified atom stereocenters. The largest absolute Gasteiger partial charge is 0.262 e.